The van der Waals surface area contributed by atoms with Gasteiger partial charge in [-0.25, -0.2) is 0 Å². The maximum atomic E-state index is 9.78. The van der Waals surface area contributed by atoms with Crippen LogP contribution < -0.4 is 0 Å². The predicted molar refractivity (Wildman–Crippen MR) is 58.0 cm³/mol. The number of hydrogen-bond acceptors (Lipinski definition) is 2. The van der Waals surface area contributed by atoms with Crippen molar-refractivity contribution in [1.29, 1.82) is 0 Å². The molecule has 1 aliphatic rings. The van der Waals surface area contributed by atoms with Gasteiger partial charge in [0.15, 0.2) is 0 Å². The Morgan fingerprint density at radius 1 is 1.21 bits per heavy atom. The first-order chi connectivity index (χ1) is 6.59. The normalized spacial score (nSPS) is 30.6. The van der Waals surface area contributed by atoms with Crippen LogP contribution >= 0.6 is 0 Å². The van der Waals surface area contributed by atoms with Gasteiger partial charge in [0.2, 0.25) is 0 Å². The van der Waals surface area contributed by atoms with Crippen molar-refractivity contribution in [1.82, 2.24) is 0 Å². The van der Waals surface area contributed by atoms with E-state index < -0.39 is 0 Å². The molecule has 1 fully saturated rings. The lowest BCUT2D eigenvalue weighted by molar-refractivity contribution is 0.0284. The Morgan fingerprint density at radius 3 is 2.43 bits per heavy atom. The van der Waals surface area contributed by atoms with E-state index in [1.165, 1.54) is 6.42 Å². The fourth-order valence-electron chi connectivity index (χ4n) is 2.45. The molecule has 2 heteroatoms. The van der Waals surface area contributed by atoms with Crippen LogP contribution in [0.1, 0.15) is 52.4 Å². The standard InChI is InChI=1S/C12H24O2/c1-9(2)7-11(13)8-10-5-3-4-6-12(10)14/h9-14H,3-8H2,1-2H3. The molecule has 2 N–H and O–H groups in total. The average Bonchev–Trinajstić information content (AvgIpc) is 2.07. The third-order valence-corrected chi connectivity index (χ3v) is 3.19. The SMILES string of the molecule is CC(C)CC(O)CC1CCCCC1O. The Bertz CT molecular complexity index is 156. The van der Waals surface area contributed by atoms with Gasteiger partial charge in [0.05, 0.1) is 12.2 Å². The first-order valence-electron chi connectivity index (χ1n) is 5.95. The van der Waals surface area contributed by atoms with E-state index in [9.17, 15) is 10.2 Å². The molecule has 0 aliphatic heterocycles. The van der Waals surface area contributed by atoms with Crippen LogP contribution in [0.4, 0.5) is 0 Å². The molecule has 1 saturated carbocycles. The molecule has 3 unspecified atom stereocenters. The molecule has 1 rings (SSSR count). The van der Waals surface area contributed by atoms with Crippen LogP contribution in [-0.4, -0.2) is 22.4 Å². The van der Waals surface area contributed by atoms with E-state index >= 15 is 0 Å². The van der Waals surface area contributed by atoms with Gasteiger partial charge >= 0.3 is 0 Å². The zero-order valence-corrected chi connectivity index (χ0v) is 9.45. The van der Waals surface area contributed by atoms with Gasteiger partial charge in [-0.3, -0.25) is 0 Å². The Labute approximate surface area is 87.3 Å². The second-order valence-electron chi connectivity index (χ2n) is 5.13. The van der Waals surface area contributed by atoms with Crippen LogP contribution in [0.25, 0.3) is 0 Å². The van der Waals surface area contributed by atoms with Crippen LogP contribution in [0, 0.1) is 11.8 Å². The fraction of sp³-hybridized carbons (Fsp3) is 1.00. The van der Waals surface area contributed by atoms with Crippen molar-refractivity contribution in [3.05, 3.63) is 0 Å². The highest BCUT2D eigenvalue weighted by molar-refractivity contribution is 4.77. The molecule has 3 atom stereocenters. The number of aliphatic hydroxyl groups is 2. The molecule has 0 heterocycles. The number of hydrogen-bond donors (Lipinski definition) is 2. The summed E-state index contributed by atoms with van der Waals surface area (Å²) in [6, 6.07) is 0. The zero-order valence-electron chi connectivity index (χ0n) is 9.45. The smallest absolute Gasteiger partial charge is 0.0569 e. The Hall–Kier alpha value is -0.0800. The van der Waals surface area contributed by atoms with Crippen LogP contribution in [0.15, 0.2) is 0 Å². The minimum absolute atomic E-state index is 0.162. The van der Waals surface area contributed by atoms with Crippen molar-refractivity contribution in [3.63, 3.8) is 0 Å². The van der Waals surface area contributed by atoms with Gasteiger partial charge in [0, 0.05) is 0 Å². The van der Waals surface area contributed by atoms with E-state index in [-0.39, 0.29) is 12.2 Å². The largest absolute Gasteiger partial charge is 0.393 e. The number of rotatable bonds is 4. The minimum atomic E-state index is -0.215. The first kappa shape index (κ1) is 12.0. The summed E-state index contributed by atoms with van der Waals surface area (Å²) in [7, 11) is 0. The Kier molecular flexibility index (Phi) is 4.90. The summed E-state index contributed by atoms with van der Waals surface area (Å²) in [5.41, 5.74) is 0. The molecule has 0 saturated heterocycles. The lowest BCUT2D eigenvalue weighted by atomic mass is 9.82. The highest BCUT2D eigenvalue weighted by atomic mass is 16.3. The molecule has 0 amide bonds. The van der Waals surface area contributed by atoms with Crippen LogP contribution in [0.5, 0.6) is 0 Å². The zero-order chi connectivity index (χ0) is 10.6. The fourth-order valence-corrected chi connectivity index (χ4v) is 2.45. The molecule has 0 spiro atoms. The molecule has 84 valence electrons. The molecular weight excluding hydrogens is 176 g/mol. The van der Waals surface area contributed by atoms with Crippen molar-refractivity contribution < 1.29 is 10.2 Å². The van der Waals surface area contributed by atoms with E-state index in [1.807, 2.05) is 0 Å². The monoisotopic (exact) mass is 200 g/mol. The van der Waals surface area contributed by atoms with Crippen molar-refractivity contribution in [2.45, 2.75) is 64.6 Å². The van der Waals surface area contributed by atoms with Crippen molar-refractivity contribution in [3.8, 4) is 0 Å². The summed E-state index contributed by atoms with van der Waals surface area (Å²) in [6.45, 7) is 4.25. The van der Waals surface area contributed by atoms with Crippen molar-refractivity contribution >= 4 is 0 Å². The summed E-state index contributed by atoms with van der Waals surface area (Å²) < 4.78 is 0. The third-order valence-electron chi connectivity index (χ3n) is 3.19. The third kappa shape index (κ3) is 3.97. The average molecular weight is 200 g/mol. The predicted octanol–water partition coefficient (Wildman–Crippen LogP) is 2.33. The van der Waals surface area contributed by atoms with Crippen LogP contribution in [0.3, 0.4) is 0 Å². The molecule has 2 nitrogen and oxygen atoms in total. The van der Waals surface area contributed by atoms with Gasteiger partial charge in [0.25, 0.3) is 0 Å². The van der Waals surface area contributed by atoms with E-state index in [0.717, 1.165) is 32.1 Å². The Morgan fingerprint density at radius 2 is 1.86 bits per heavy atom. The quantitative estimate of drug-likeness (QED) is 0.731. The van der Waals surface area contributed by atoms with E-state index in [1.54, 1.807) is 0 Å². The first-order valence-corrected chi connectivity index (χ1v) is 5.95. The summed E-state index contributed by atoms with van der Waals surface area (Å²) in [4.78, 5) is 0. The summed E-state index contributed by atoms with van der Waals surface area (Å²) in [6.07, 6.45) is 5.67. The molecule has 0 aromatic rings. The maximum Gasteiger partial charge on any atom is 0.0569 e. The maximum absolute atomic E-state index is 9.78. The van der Waals surface area contributed by atoms with E-state index in [4.69, 9.17) is 0 Å². The van der Waals surface area contributed by atoms with Gasteiger partial charge in [-0.05, 0) is 37.5 Å². The van der Waals surface area contributed by atoms with E-state index in [2.05, 4.69) is 13.8 Å². The minimum Gasteiger partial charge on any atom is -0.393 e. The summed E-state index contributed by atoms with van der Waals surface area (Å²) in [5, 5.41) is 19.5. The van der Waals surface area contributed by atoms with Gasteiger partial charge in [-0.2, -0.15) is 0 Å². The molecule has 1 aliphatic carbocycles. The lowest BCUT2D eigenvalue weighted by Crippen LogP contribution is -2.28. The highest BCUT2D eigenvalue weighted by Crippen LogP contribution is 2.29. The highest BCUT2D eigenvalue weighted by Gasteiger charge is 2.25. The molecule has 0 bridgehead atoms. The lowest BCUT2D eigenvalue weighted by Gasteiger charge is -2.29. The van der Waals surface area contributed by atoms with Gasteiger partial charge in [-0.1, -0.05) is 26.7 Å². The molecule has 0 aromatic heterocycles. The topological polar surface area (TPSA) is 40.5 Å². The summed E-state index contributed by atoms with van der Waals surface area (Å²) in [5.74, 6) is 0.892. The molecule has 0 aromatic carbocycles. The van der Waals surface area contributed by atoms with Gasteiger partial charge in [-0.15, -0.1) is 0 Å². The second kappa shape index (κ2) is 5.72. The number of aliphatic hydroxyl groups excluding tert-OH is 2. The van der Waals surface area contributed by atoms with Crippen LogP contribution in [0.2, 0.25) is 0 Å². The Balaban J connectivity index is 2.27. The summed E-state index contributed by atoms with van der Waals surface area (Å²) >= 11 is 0. The van der Waals surface area contributed by atoms with E-state index in [0.29, 0.717) is 11.8 Å². The second-order valence-corrected chi connectivity index (χ2v) is 5.13. The molecule has 0 radical (unpaired) electrons. The van der Waals surface area contributed by atoms with Gasteiger partial charge in [0.1, 0.15) is 0 Å². The van der Waals surface area contributed by atoms with Crippen molar-refractivity contribution in [2.24, 2.45) is 11.8 Å². The van der Waals surface area contributed by atoms with Gasteiger partial charge < -0.3 is 10.2 Å². The van der Waals surface area contributed by atoms with Crippen molar-refractivity contribution in [2.75, 3.05) is 0 Å². The van der Waals surface area contributed by atoms with Crippen LogP contribution in [-0.2, 0) is 0 Å². The molecule has 14 heavy (non-hydrogen) atoms. The molecular formula is C12H24O2.